The molecule has 2 aliphatic heterocycles. The summed E-state index contributed by atoms with van der Waals surface area (Å²) in [7, 11) is 2.15. The van der Waals surface area contributed by atoms with Crippen molar-refractivity contribution in [2.45, 2.75) is 51.6 Å². The minimum atomic E-state index is 0.0431. The SMILES string of the molecule is CN1CCCC(CNC(=O)Cc2ccc3c(c2)CN(Cc2ccccc2)CC(=O)NCCCCCO3)C1. The number of nitrogens with one attached hydrogen (secondary N) is 2. The van der Waals surface area contributed by atoms with Crippen LogP contribution < -0.4 is 15.4 Å². The predicted molar refractivity (Wildman–Crippen MR) is 146 cm³/mol. The molecule has 1 fully saturated rings. The van der Waals surface area contributed by atoms with Gasteiger partial charge in [0, 0.05) is 38.3 Å². The normalized spacial score (nSPS) is 20.4. The highest BCUT2D eigenvalue weighted by Gasteiger charge is 2.19. The van der Waals surface area contributed by atoms with Crippen molar-refractivity contribution in [3.05, 3.63) is 65.2 Å². The number of likely N-dealkylation sites (tertiary alicyclic amines) is 1. The Labute approximate surface area is 221 Å². The molecular weight excluding hydrogens is 464 g/mol. The second-order valence-corrected chi connectivity index (χ2v) is 10.6. The summed E-state index contributed by atoms with van der Waals surface area (Å²) in [5.41, 5.74) is 3.14. The van der Waals surface area contributed by atoms with E-state index in [1.807, 2.05) is 30.3 Å². The van der Waals surface area contributed by atoms with Gasteiger partial charge in [-0.3, -0.25) is 14.5 Å². The third kappa shape index (κ3) is 9.17. The molecule has 0 spiro atoms. The lowest BCUT2D eigenvalue weighted by Gasteiger charge is -2.29. The number of amides is 2. The second kappa shape index (κ2) is 14.1. The van der Waals surface area contributed by atoms with E-state index in [0.29, 0.717) is 45.1 Å². The van der Waals surface area contributed by atoms with E-state index >= 15 is 0 Å². The van der Waals surface area contributed by atoms with E-state index < -0.39 is 0 Å². The minimum absolute atomic E-state index is 0.0431. The minimum Gasteiger partial charge on any atom is -0.493 e. The zero-order valence-electron chi connectivity index (χ0n) is 22.2. The summed E-state index contributed by atoms with van der Waals surface area (Å²) >= 11 is 0. The van der Waals surface area contributed by atoms with Gasteiger partial charge in [0.15, 0.2) is 0 Å². The number of rotatable bonds is 6. The first-order valence-corrected chi connectivity index (χ1v) is 13.8. The number of carbonyl (C=O) groups excluding carboxylic acids is 2. The fraction of sp³-hybridized carbons (Fsp3) is 0.533. The number of hydrogen-bond donors (Lipinski definition) is 2. The standard InChI is InChI=1S/C30H42N4O3/c1-33-15-8-11-26(20-33)19-32-29(35)18-25-12-13-28-27(17-25)22-34(21-24-9-4-2-5-10-24)23-30(36)31-14-6-3-7-16-37-28/h2,4-5,9-10,12-13,17,26H,3,6-8,11,14-16,18-23H2,1H3,(H,31,36)(H,32,35). The van der Waals surface area contributed by atoms with Gasteiger partial charge in [0.25, 0.3) is 0 Å². The van der Waals surface area contributed by atoms with Crippen LogP contribution in [0, 0.1) is 5.92 Å². The molecule has 2 N–H and O–H groups in total. The highest BCUT2D eigenvalue weighted by Crippen LogP contribution is 2.24. The van der Waals surface area contributed by atoms with Gasteiger partial charge in [-0.15, -0.1) is 0 Å². The number of piperidine rings is 1. The maximum atomic E-state index is 12.8. The molecule has 2 aromatic carbocycles. The average molecular weight is 507 g/mol. The molecule has 2 aromatic rings. The van der Waals surface area contributed by atoms with Gasteiger partial charge >= 0.3 is 0 Å². The molecule has 0 bridgehead atoms. The fourth-order valence-corrected chi connectivity index (χ4v) is 5.28. The van der Waals surface area contributed by atoms with Crippen LogP contribution in [0.1, 0.15) is 48.8 Å². The first-order chi connectivity index (χ1) is 18.0. The van der Waals surface area contributed by atoms with E-state index in [-0.39, 0.29) is 11.8 Å². The Hall–Kier alpha value is -2.90. The van der Waals surface area contributed by atoms with E-state index in [1.165, 1.54) is 12.8 Å². The molecule has 4 rings (SSSR count). The van der Waals surface area contributed by atoms with Gasteiger partial charge in [-0.05, 0) is 68.8 Å². The first-order valence-electron chi connectivity index (χ1n) is 13.8. The van der Waals surface area contributed by atoms with Gasteiger partial charge < -0.3 is 20.3 Å². The maximum Gasteiger partial charge on any atom is 0.234 e. The van der Waals surface area contributed by atoms with Crippen molar-refractivity contribution in [3.8, 4) is 5.75 Å². The van der Waals surface area contributed by atoms with Gasteiger partial charge in [-0.2, -0.15) is 0 Å². The van der Waals surface area contributed by atoms with Crippen LogP contribution >= 0.6 is 0 Å². The summed E-state index contributed by atoms with van der Waals surface area (Å²) in [6.45, 7) is 5.81. The summed E-state index contributed by atoms with van der Waals surface area (Å²) in [5.74, 6) is 1.46. The Bertz CT molecular complexity index is 1010. The van der Waals surface area contributed by atoms with Crippen LogP contribution in [0.15, 0.2) is 48.5 Å². The van der Waals surface area contributed by atoms with Crippen LogP contribution in [-0.4, -0.2) is 68.0 Å². The number of hydrogen-bond acceptors (Lipinski definition) is 5. The zero-order chi connectivity index (χ0) is 25.9. The first kappa shape index (κ1) is 27.1. The van der Waals surface area contributed by atoms with Crippen molar-refractivity contribution in [1.29, 1.82) is 0 Å². The Morgan fingerprint density at radius 2 is 1.92 bits per heavy atom. The van der Waals surface area contributed by atoms with Crippen LogP contribution in [0.4, 0.5) is 0 Å². The largest absolute Gasteiger partial charge is 0.493 e. The molecule has 0 radical (unpaired) electrons. The van der Waals surface area contributed by atoms with Crippen molar-refractivity contribution in [3.63, 3.8) is 0 Å². The summed E-state index contributed by atoms with van der Waals surface area (Å²) in [6.07, 6.45) is 5.62. The molecule has 0 saturated carbocycles. The Kier molecular flexibility index (Phi) is 10.4. The van der Waals surface area contributed by atoms with Crippen molar-refractivity contribution >= 4 is 11.8 Å². The summed E-state index contributed by atoms with van der Waals surface area (Å²) in [4.78, 5) is 30.0. The van der Waals surface area contributed by atoms with Crippen LogP contribution in [0.25, 0.3) is 0 Å². The van der Waals surface area contributed by atoms with Crippen LogP contribution in [-0.2, 0) is 29.1 Å². The second-order valence-electron chi connectivity index (χ2n) is 10.6. The van der Waals surface area contributed by atoms with Gasteiger partial charge in [0.1, 0.15) is 5.75 Å². The van der Waals surface area contributed by atoms with Crippen molar-refractivity contribution in [1.82, 2.24) is 20.4 Å². The fourth-order valence-electron chi connectivity index (χ4n) is 5.28. The number of benzene rings is 2. The molecule has 0 aliphatic carbocycles. The third-order valence-corrected chi connectivity index (χ3v) is 7.21. The summed E-state index contributed by atoms with van der Waals surface area (Å²) in [5, 5.41) is 6.22. The molecular formula is C30H42N4O3. The van der Waals surface area contributed by atoms with E-state index in [1.54, 1.807) is 0 Å². The molecule has 2 amide bonds. The molecule has 37 heavy (non-hydrogen) atoms. The van der Waals surface area contributed by atoms with Crippen molar-refractivity contribution in [2.24, 2.45) is 5.92 Å². The highest BCUT2D eigenvalue weighted by atomic mass is 16.5. The maximum absolute atomic E-state index is 12.8. The molecule has 2 heterocycles. The summed E-state index contributed by atoms with van der Waals surface area (Å²) in [6, 6.07) is 16.3. The predicted octanol–water partition coefficient (Wildman–Crippen LogP) is 3.37. The zero-order valence-corrected chi connectivity index (χ0v) is 22.2. The highest BCUT2D eigenvalue weighted by molar-refractivity contribution is 5.79. The number of fused-ring (bicyclic) bond motifs is 1. The van der Waals surface area contributed by atoms with Crippen LogP contribution in [0.3, 0.4) is 0 Å². The lowest BCUT2D eigenvalue weighted by atomic mass is 9.98. The Morgan fingerprint density at radius 1 is 1.05 bits per heavy atom. The Balaban J connectivity index is 1.46. The smallest absolute Gasteiger partial charge is 0.234 e. The van der Waals surface area contributed by atoms with Crippen molar-refractivity contribution < 1.29 is 14.3 Å². The van der Waals surface area contributed by atoms with E-state index in [4.69, 9.17) is 4.74 Å². The van der Waals surface area contributed by atoms with Gasteiger partial charge in [0.2, 0.25) is 11.8 Å². The van der Waals surface area contributed by atoms with E-state index in [0.717, 1.165) is 61.3 Å². The van der Waals surface area contributed by atoms with Crippen LogP contribution in [0.2, 0.25) is 0 Å². The lowest BCUT2D eigenvalue weighted by Crippen LogP contribution is -2.39. The Morgan fingerprint density at radius 3 is 2.76 bits per heavy atom. The third-order valence-electron chi connectivity index (χ3n) is 7.21. The summed E-state index contributed by atoms with van der Waals surface area (Å²) < 4.78 is 6.19. The van der Waals surface area contributed by atoms with Crippen LogP contribution in [0.5, 0.6) is 5.75 Å². The molecule has 0 aromatic heterocycles. The van der Waals surface area contributed by atoms with E-state index in [2.05, 4.69) is 45.7 Å². The monoisotopic (exact) mass is 506 g/mol. The van der Waals surface area contributed by atoms with Gasteiger partial charge in [0.05, 0.1) is 19.6 Å². The van der Waals surface area contributed by atoms with E-state index in [9.17, 15) is 9.59 Å². The molecule has 2 aliphatic rings. The topological polar surface area (TPSA) is 73.9 Å². The quantitative estimate of drug-likeness (QED) is 0.629. The number of carbonyl (C=O) groups is 2. The lowest BCUT2D eigenvalue weighted by molar-refractivity contribution is -0.122. The molecule has 1 saturated heterocycles. The average Bonchev–Trinajstić information content (AvgIpc) is 2.89. The number of nitrogens with zero attached hydrogens (tertiary/aromatic N) is 2. The van der Waals surface area contributed by atoms with Crippen molar-refractivity contribution in [2.75, 3.05) is 46.4 Å². The molecule has 7 heteroatoms. The van der Waals surface area contributed by atoms with Gasteiger partial charge in [-0.1, -0.05) is 42.5 Å². The van der Waals surface area contributed by atoms with Gasteiger partial charge in [-0.25, -0.2) is 0 Å². The molecule has 7 nitrogen and oxygen atoms in total. The number of ether oxygens (including phenoxy) is 1. The molecule has 200 valence electrons. The molecule has 1 unspecified atom stereocenters. The molecule has 1 atom stereocenters.